The number of hydrogen-bond acceptors (Lipinski definition) is 5. The molecule has 0 radical (unpaired) electrons. The lowest BCUT2D eigenvalue weighted by molar-refractivity contribution is -0.145. The van der Waals surface area contributed by atoms with Crippen molar-refractivity contribution in [3.63, 3.8) is 0 Å². The Morgan fingerprint density at radius 1 is 1.30 bits per heavy atom. The number of anilines is 1. The Bertz CT molecular complexity index is 566. The average molecular weight is 269 g/mol. The van der Waals surface area contributed by atoms with Crippen molar-refractivity contribution in [1.29, 1.82) is 10.5 Å². The van der Waals surface area contributed by atoms with Gasteiger partial charge in [-0.3, -0.25) is 4.79 Å². The third-order valence-corrected chi connectivity index (χ3v) is 3.62. The molecule has 2 atom stereocenters. The fourth-order valence-corrected chi connectivity index (χ4v) is 2.59. The van der Waals surface area contributed by atoms with Crippen LogP contribution in [0.25, 0.3) is 0 Å². The molecule has 1 aliphatic carbocycles. The maximum Gasteiger partial charge on any atom is 0.308 e. The van der Waals surface area contributed by atoms with Crippen molar-refractivity contribution in [3.05, 3.63) is 29.3 Å². The quantitative estimate of drug-likeness (QED) is 0.850. The van der Waals surface area contributed by atoms with Crippen molar-refractivity contribution in [1.82, 2.24) is 0 Å². The standard InChI is InChI=1S/C15H15N3O2/c1-20-15(19)10-5-6-13(7-10)18-14-11(8-16)3-2-4-12(14)9-17/h2-4,10,13,18H,5-7H2,1H3/t10-,13+/m0/s1. The van der Waals surface area contributed by atoms with Gasteiger partial charge in [-0.2, -0.15) is 10.5 Å². The van der Waals surface area contributed by atoms with E-state index >= 15 is 0 Å². The molecule has 1 N–H and O–H groups in total. The van der Waals surface area contributed by atoms with Crippen molar-refractivity contribution >= 4 is 11.7 Å². The predicted octanol–water partition coefficient (Wildman–Crippen LogP) is 2.18. The lowest BCUT2D eigenvalue weighted by atomic mass is 10.1. The van der Waals surface area contributed by atoms with Crippen LogP contribution < -0.4 is 5.32 Å². The van der Waals surface area contributed by atoms with Gasteiger partial charge in [0.2, 0.25) is 0 Å². The Morgan fingerprint density at radius 3 is 2.50 bits per heavy atom. The molecule has 102 valence electrons. The second kappa shape index (κ2) is 6.08. The van der Waals surface area contributed by atoms with Gasteiger partial charge in [0.25, 0.3) is 0 Å². The smallest absolute Gasteiger partial charge is 0.308 e. The molecule has 1 saturated carbocycles. The molecule has 2 rings (SSSR count). The van der Waals surface area contributed by atoms with Crippen molar-refractivity contribution < 1.29 is 9.53 Å². The number of methoxy groups -OCH3 is 1. The molecule has 20 heavy (non-hydrogen) atoms. The van der Waals surface area contributed by atoms with E-state index in [0.717, 1.165) is 12.8 Å². The normalized spacial score (nSPS) is 20.8. The van der Waals surface area contributed by atoms with Crippen LogP contribution in [0.3, 0.4) is 0 Å². The SMILES string of the molecule is COC(=O)[C@H]1CC[C@@H](Nc2c(C#N)cccc2C#N)C1. The van der Waals surface area contributed by atoms with E-state index in [9.17, 15) is 4.79 Å². The highest BCUT2D eigenvalue weighted by atomic mass is 16.5. The third kappa shape index (κ3) is 2.73. The van der Waals surface area contributed by atoms with Crippen molar-refractivity contribution in [3.8, 4) is 12.1 Å². The number of nitrogens with one attached hydrogen (secondary N) is 1. The Kier molecular flexibility index (Phi) is 4.22. The first kappa shape index (κ1) is 13.9. The molecule has 0 unspecified atom stereocenters. The summed E-state index contributed by atoms with van der Waals surface area (Å²) in [6.45, 7) is 0. The molecule has 1 aromatic carbocycles. The largest absolute Gasteiger partial charge is 0.469 e. The second-order valence-electron chi connectivity index (χ2n) is 4.83. The number of carbonyl (C=O) groups is 1. The van der Waals surface area contributed by atoms with Gasteiger partial charge in [-0.1, -0.05) is 6.07 Å². The van der Waals surface area contributed by atoms with Crippen molar-refractivity contribution in [2.24, 2.45) is 5.92 Å². The van der Waals surface area contributed by atoms with Crippen LogP contribution in [0.5, 0.6) is 0 Å². The Morgan fingerprint density at radius 2 is 1.95 bits per heavy atom. The maximum absolute atomic E-state index is 11.5. The summed E-state index contributed by atoms with van der Waals surface area (Å²) in [7, 11) is 1.39. The molecule has 0 bridgehead atoms. The van der Waals surface area contributed by atoms with E-state index < -0.39 is 0 Å². The van der Waals surface area contributed by atoms with Gasteiger partial charge in [-0.25, -0.2) is 0 Å². The fraction of sp³-hybridized carbons (Fsp3) is 0.400. The van der Waals surface area contributed by atoms with Crippen LogP contribution >= 0.6 is 0 Å². The van der Waals surface area contributed by atoms with Crippen LogP contribution in [0.2, 0.25) is 0 Å². The van der Waals surface area contributed by atoms with Gasteiger partial charge in [-0.05, 0) is 31.4 Å². The van der Waals surface area contributed by atoms with E-state index in [1.54, 1.807) is 18.2 Å². The third-order valence-electron chi connectivity index (χ3n) is 3.62. The first-order valence-electron chi connectivity index (χ1n) is 6.47. The zero-order valence-electron chi connectivity index (χ0n) is 11.2. The van der Waals surface area contributed by atoms with Gasteiger partial charge in [-0.15, -0.1) is 0 Å². The van der Waals surface area contributed by atoms with E-state index in [1.807, 2.05) is 0 Å². The summed E-state index contributed by atoms with van der Waals surface area (Å²) in [6.07, 6.45) is 2.25. The van der Waals surface area contributed by atoms with Crippen molar-refractivity contribution in [2.75, 3.05) is 12.4 Å². The number of esters is 1. The van der Waals surface area contributed by atoms with Crippen LogP contribution in [-0.2, 0) is 9.53 Å². The first-order chi connectivity index (χ1) is 9.69. The monoisotopic (exact) mass is 269 g/mol. The summed E-state index contributed by atoms with van der Waals surface area (Å²) in [5.41, 5.74) is 1.46. The van der Waals surface area contributed by atoms with Gasteiger partial charge in [0.15, 0.2) is 0 Å². The molecule has 1 aromatic rings. The minimum Gasteiger partial charge on any atom is -0.469 e. The molecule has 1 fully saturated rings. The summed E-state index contributed by atoms with van der Waals surface area (Å²) < 4.78 is 4.75. The summed E-state index contributed by atoms with van der Waals surface area (Å²) in [5, 5.41) is 21.5. The minimum atomic E-state index is -0.191. The van der Waals surface area contributed by atoms with Crippen LogP contribution in [0, 0.1) is 28.6 Å². The fourth-order valence-electron chi connectivity index (χ4n) is 2.59. The molecule has 0 spiro atoms. The van der Waals surface area contributed by atoms with E-state index in [2.05, 4.69) is 17.5 Å². The van der Waals surface area contributed by atoms with E-state index in [1.165, 1.54) is 7.11 Å². The van der Waals surface area contributed by atoms with Gasteiger partial charge >= 0.3 is 5.97 Å². The van der Waals surface area contributed by atoms with Crippen molar-refractivity contribution in [2.45, 2.75) is 25.3 Å². The Labute approximate surface area is 117 Å². The lowest BCUT2D eigenvalue weighted by Gasteiger charge is -2.16. The van der Waals surface area contributed by atoms with Crippen LogP contribution in [0.1, 0.15) is 30.4 Å². The predicted molar refractivity (Wildman–Crippen MR) is 72.6 cm³/mol. The number of para-hydroxylation sites is 1. The summed E-state index contributed by atoms with van der Waals surface area (Å²) >= 11 is 0. The Hall–Kier alpha value is -2.53. The molecule has 5 nitrogen and oxygen atoms in total. The molecule has 0 amide bonds. The van der Waals surface area contributed by atoms with Gasteiger partial charge in [0, 0.05) is 6.04 Å². The highest BCUT2D eigenvalue weighted by Crippen LogP contribution is 2.31. The molecule has 0 heterocycles. The Balaban J connectivity index is 2.15. The molecule has 0 saturated heterocycles. The maximum atomic E-state index is 11.5. The van der Waals surface area contributed by atoms with Crippen LogP contribution in [-0.4, -0.2) is 19.1 Å². The number of rotatable bonds is 3. The second-order valence-corrected chi connectivity index (χ2v) is 4.83. The zero-order valence-corrected chi connectivity index (χ0v) is 11.2. The minimum absolute atomic E-state index is 0.0840. The first-order valence-corrected chi connectivity index (χ1v) is 6.47. The molecule has 0 aromatic heterocycles. The van der Waals surface area contributed by atoms with Gasteiger partial charge < -0.3 is 10.1 Å². The van der Waals surface area contributed by atoms with Crippen LogP contribution in [0.4, 0.5) is 5.69 Å². The lowest BCUT2D eigenvalue weighted by Crippen LogP contribution is -2.20. The summed E-state index contributed by atoms with van der Waals surface area (Å²) in [5.74, 6) is -0.291. The molecule has 0 aliphatic heterocycles. The van der Waals surface area contributed by atoms with Gasteiger partial charge in [0.05, 0.1) is 29.8 Å². The average Bonchev–Trinajstić information content (AvgIpc) is 2.95. The molecular formula is C15H15N3O2. The van der Waals surface area contributed by atoms with E-state index in [0.29, 0.717) is 23.2 Å². The summed E-state index contributed by atoms with van der Waals surface area (Å²) in [4.78, 5) is 11.5. The highest BCUT2D eigenvalue weighted by molar-refractivity contribution is 5.73. The number of benzene rings is 1. The van der Waals surface area contributed by atoms with Gasteiger partial charge in [0.1, 0.15) is 12.1 Å². The zero-order chi connectivity index (χ0) is 14.5. The number of carbonyl (C=O) groups excluding carboxylic acids is 1. The van der Waals surface area contributed by atoms with E-state index in [4.69, 9.17) is 15.3 Å². The highest BCUT2D eigenvalue weighted by Gasteiger charge is 2.31. The molecule has 1 aliphatic rings. The number of hydrogen-bond donors (Lipinski definition) is 1. The molecule has 5 heteroatoms. The van der Waals surface area contributed by atoms with Crippen LogP contribution in [0.15, 0.2) is 18.2 Å². The number of ether oxygens (including phenoxy) is 1. The number of nitriles is 2. The molecular weight excluding hydrogens is 254 g/mol. The van der Waals surface area contributed by atoms with E-state index in [-0.39, 0.29) is 17.9 Å². The topological polar surface area (TPSA) is 85.9 Å². The summed E-state index contributed by atoms with van der Waals surface area (Å²) in [6, 6.07) is 9.29. The number of nitrogens with zero attached hydrogens (tertiary/aromatic N) is 2.